The summed E-state index contributed by atoms with van der Waals surface area (Å²) in [6.07, 6.45) is 1.61. The highest BCUT2D eigenvalue weighted by Crippen LogP contribution is 1.99. The Hall–Kier alpha value is -1.44. The number of hydrogen-bond acceptors (Lipinski definition) is 4. The van der Waals surface area contributed by atoms with Gasteiger partial charge in [0, 0.05) is 19.3 Å². The van der Waals surface area contributed by atoms with Crippen LogP contribution in [0.15, 0.2) is 18.3 Å². The van der Waals surface area contributed by atoms with Crippen LogP contribution in [-0.4, -0.2) is 23.2 Å². The number of aliphatic hydroxyl groups excluding tert-OH is 1. The van der Waals surface area contributed by atoms with Gasteiger partial charge in [0.05, 0.1) is 6.61 Å². The van der Waals surface area contributed by atoms with Crippen LogP contribution in [0.4, 0.5) is 0 Å². The largest absolute Gasteiger partial charge is 0.395 e. The Morgan fingerprint density at radius 1 is 1.62 bits per heavy atom. The van der Waals surface area contributed by atoms with E-state index in [1.54, 1.807) is 12.3 Å². The molecule has 0 aromatic carbocycles. The summed E-state index contributed by atoms with van der Waals surface area (Å²) in [5.41, 5.74) is 1.42. The molecular formula is C9H11N3O. The lowest BCUT2D eigenvalue weighted by atomic mass is 10.2. The molecule has 68 valence electrons. The molecule has 0 unspecified atom stereocenters. The summed E-state index contributed by atoms with van der Waals surface area (Å²) < 4.78 is 0. The molecule has 13 heavy (non-hydrogen) atoms. The van der Waals surface area contributed by atoms with Crippen molar-refractivity contribution in [1.82, 2.24) is 10.3 Å². The topological polar surface area (TPSA) is 68.9 Å². The summed E-state index contributed by atoms with van der Waals surface area (Å²) in [6, 6.07) is 5.53. The van der Waals surface area contributed by atoms with Crippen LogP contribution in [0.25, 0.3) is 0 Å². The standard InChI is InChI=1S/C9H11N3O/c10-6-9-5-8(1-2-12-9)7-11-3-4-13/h1-2,5,11,13H,3-4,7H2. The number of hydrogen-bond donors (Lipinski definition) is 2. The number of nitrogens with zero attached hydrogens (tertiary/aromatic N) is 2. The zero-order chi connectivity index (χ0) is 9.52. The number of rotatable bonds is 4. The molecule has 0 aliphatic rings. The smallest absolute Gasteiger partial charge is 0.140 e. The molecule has 1 heterocycles. The number of nitrogens with one attached hydrogen (secondary N) is 1. The van der Waals surface area contributed by atoms with Gasteiger partial charge in [-0.25, -0.2) is 4.98 Å². The number of aliphatic hydroxyl groups is 1. The first-order valence-electron chi connectivity index (χ1n) is 4.03. The fraction of sp³-hybridized carbons (Fsp3) is 0.333. The molecule has 1 rings (SSSR count). The average Bonchev–Trinajstić information content (AvgIpc) is 2.19. The third-order valence-electron chi connectivity index (χ3n) is 1.56. The Morgan fingerprint density at radius 3 is 3.15 bits per heavy atom. The van der Waals surface area contributed by atoms with E-state index in [2.05, 4.69) is 10.3 Å². The van der Waals surface area contributed by atoms with Crippen LogP contribution >= 0.6 is 0 Å². The Labute approximate surface area is 76.8 Å². The lowest BCUT2D eigenvalue weighted by Crippen LogP contribution is -2.17. The number of nitriles is 1. The highest BCUT2D eigenvalue weighted by atomic mass is 16.3. The van der Waals surface area contributed by atoms with E-state index in [0.717, 1.165) is 5.56 Å². The van der Waals surface area contributed by atoms with Crippen molar-refractivity contribution in [2.24, 2.45) is 0 Å². The number of aromatic nitrogens is 1. The van der Waals surface area contributed by atoms with Crippen molar-refractivity contribution in [2.45, 2.75) is 6.54 Å². The molecule has 0 saturated heterocycles. The molecule has 0 aliphatic heterocycles. The molecule has 4 heteroatoms. The minimum Gasteiger partial charge on any atom is -0.395 e. The van der Waals surface area contributed by atoms with Crippen LogP contribution in [0.5, 0.6) is 0 Å². The van der Waals surface area contributed by atoms with Crippen LogP contribution in [0.3, 0.4) is 0 Å². The molecule has 1 aromatic heterocycles. The Kier molecular flexibility index (Phi) is 3.89. The van der Waals surface area contributed by atoms with Crippen molar-refractivity contribution >= 4 is 0 Å². The van der Waals surface area contributed by atoms with Gasteiger partial charge in [0.25, 0.3) is 0 Å². The van der Waals surface area contributed by atoms with Gasteiger partial charge < -0.3 is 10.4 Å². The van der Waals surface area contributed by atoms with Crippen molar-refractivity contribution in [3.63, 3.8) is 0 Å². The van der Waals surface area contributed by atoms with Crippen LogP contribution in [0, 0.1) is 11.3 Å². The summed E-state index contributed by atoms with van der Waals surface area (Å²) in [6.45, 7) is 1.33. The van der Waals surface area contributed by atoms with Crippen molar-refractivity contribution in [1.29, 1.82) is 5.26 Å². The van der Waals surface area contributed by atoms with Crippen LogP contribution in [-0.2, 0) is 6.54 Å². The summed E-state index contributed by atoms with van der Waals surface area (Å²) in [7, 11) is 0. The quantitative estimate of drug-likeness (QED) is 0.637. The van der Waals surface area contributed by atoms with E-state index in [1.165, 1.54) is 0 Å². The van der Waals surface area contributed by atoms with Gasteiger partial charge in [-0.3, -0.25) is 0 Å². The Balaban J connectivity index is 2.52. The summed E-state index contributed by atoms with van der Waals surface area (Å²) >= 11 is 0. The van der Waals surface area contributed by atoms with E-state index in [0.29, 0.717) is 18.8 Å². The fourth-order valence-electron chi connectivity index (χ4n) is 0.957. The SMILES string of the molecule is N#Cc1cc(CNCCO)ccn1. The first kappa shape index (κ1) is 9.65. The molecule has 0 atom stereocenters. The zero-order valence-corrected chi connectivity index (χ0v) is 7.20. The third kappa shape index (κ3) is 3.20. The zero-order valence-electron chi connectivity index (χ0n) is 7.20. The minimum atomic E-state index is 0.121. The average molecular weight is 177 g/mol. The van der Waals surface area contributed by atoms with E-state index in [-0.39, 0.29) is 6.61 Å². The van der Waals surface area contributed by atoms with Gasteiger partial charge in [0.1, 0.15) is 11.8 Å². The first-order chi connectivity index (χ1) is 6.36. The maximum absolute atomic E-state index is 8.56. The van der Waals surface area contributed by atoms with Gasteiger partial charge in [-0.05, 0) is 17.7 Å². The molecule has 1 aromatic rings. The Bertz CT molecular complexity index is 306. The summed E-state index contributed by atoms with van der Waals surface area (Å²) in [4.78, 5) is 3.85. The molecule has 4 nitrogen and oxygen atoms in total. The third-order valence-corrected chi connectivity index (χ3v) is 1.56. The first-order valence-corrected chi connectivity index (χ1v) is 4.03. The van der Waals surface area contributed by atoms with E-state index in [1.807, 2.05) is 12.1 Å². The monoisotopic (exact) mass is 177 g/mol. The molecule has 0 radical (unpaired) electrons. The molecular weight excluding hydrogens is 166 g/mol. The maximum atomic E-state index is 8.56. The molecule has 0 saturated carbocycles. The second-order valence-corrected chi connectivity index (χ2v) is 2.56. The highest BCUT2D eigenvalue weighted by Gasteiger charge is 1.94. The lowest BCUT2D eigenvalue weighted by molar-refractivity contribution is 0.292. The summed E-state index contributed by atoms with van der Waals surface area (Å²) in [5, 5.41) is 20.1. The van der Waals surface area contributed by atoms with Gasteiger partial charge >= 0.3 is 0 Å². The van der Waals surface area contributed by atoms with Crippen LogP contribution in [0.2, 0.25) is 0 Å². The van der Waals surface area contributed by atoms with E-state index < -0.39 is 0 Å². The second kappa shape index (κ2) is 5.25. The van der Waals surface area contributed by atoms with Crippen molar-refractivity contribution < 1.29 is 5.11 Å². The van der Waals surface area contributed by atoms with E-state index in [9.17, 15) is 0 Å². The van der Waals surface area contributed by atoms with E-state index in [4.69, 9.17) is 10.4 Å². The predicted octanol–water partition coefficient (Wildman–Crippen LogP) is 0.0352. The summed E-state index contributed by atoms with van der Waals surface area (Å²) in [5.74, 6) is 0. The maximum Gasteiger partial charge on any atom is 0.140 e. The predicted molar refractivity (Wildman–Crippen MR) is 47.7 cm³/mol. The highest BCUT2D eigenvalue weighted by molar-refractivity contribution is 5.25. The van der Waals surface area contributed by atoms with Crippen molar-refractivity contribution in [2.75, 3.05) is 13.2 Å². The second-order valence-electron chi connectivity index (χ2n) is 2.56. The number of pyridine rings is 1. The molecule has 0 amide bonds. The van der Waals surface area contributed by atoms with Crippen molar-refractivity contribution in [3.05, 3.63) is 29.6 Å². The van der Waals surface area contributed by atoms with Crippen molar-refractivity contribution in [3.8, 4) is 6.07 Å². The van der Waals surface area contributed by atoms with Crippen LogP contribution < -0.4 is 5.32 Å². The van der Waals surface area contributed by atoms with Crippen LogP contribution in [0.1, 0.15) is 11.3 Å². The molecule has 0 bridgehead atoms. The molecule has 0 spiro atoms. The van der Waals surface area contributed by atoms with Gasteiger partial charge in [0.2, 0.25) is 0 Å². The van der Waals surface area contributed by atoms with Gasteiger partial charge in [-0.15, -0.1) is 0 Å². The van der Waals surface area contributed by atoms with Gasteiger partial charge in [-0.2, -0.15) is 5.26 Å². The lowest BCUT2D eigenvalue weighted by Gasteiger charge is -2.01. The minimum absolute atomic E-state index is 0.121. The normalized spacial score (nSPS) is 9.54. The fourth-order valence-corrected chi connectivity index (χ4v) is 0.957. The molecule has 0 fully saturated rings. The van der Waals surface area contributed by atoms with Gasteiger partial charge in [-0.1, -0.05) is 0 Å². The van der Waals surface area contributed by atoms with Gasteiger partial charge in [0.15, 0.2) is 0 Å². The molecule has 2 N–H and O–H groups in total. The molecule has 0 aliphatic carbocycles. The van der Waals surface area contributed by atoms with E-state index >= 15 is 0 Å². The Morgan fingerprint density at radius 2 is 2.46 bits per heavy atom.